The lowest BCUT2D eigenvalue weighted by Gasteiger charge is -2.11. The number of aryl methyl sites for hydroxylation is 1. The van der Waals surface area contributed by atoms with Gasteiger partial charge in [-0.25, -0.2) is 9.37 Å². The van der Waals surface area contributed by atoms with Crippen LogP contribution in [0.15, 0.2) is 47.3 Å². The van der Waals surface area contributed by atoms with Crippen molar-refractivity contribution < 1.29 is 9.18 Å². The van der Waals surface area contributed by atoms with Gasteiger partial charge in [0, 0.05) is 18.7 Å². The van der Waals surface area contributed by atoms with Gasteiger partial charge in [0.15, 0.2) is 0 Å². The summed E-state index contributed by atoms with van der Waals surface area (Å²) in [6.45, 7) is 0.670. The lowest BCUT2D eigenvalue weighted by atomic mass is 10.1. The standard InChI is InChI=1S/C20H18FN3O2/c21-16-7-4-3-6-14(16)19(25)22-13-9-10-17-15(12-13)20(26)24-11-5-1-2-8-18(24)23-17/h3-4,6-7,9-10,12H,1-2,5,8,11H2,(H,22,25). The number of hydrogen-bond acceptors (Lipinski definition) is 3. The molecule has 1 aliphatic heterocycles. The van der Waals surface area contributed by atoms with Crippen molar-refractivity contribution in [1.82, 2.24) is 9.55 Å². The molecule has 3 aromatic rings. The fourth-order valence-electron chi connectivity index (χ4n) is 3.34. The normalized spacial score (nSPS) is 13.9. The van der Waals surface area contributed by atoms with Crippen LogP contribution < -0.4 is 10.9 Å². The molecule has 0 radical (unpaired) electrons. The van der Waals surface area contributed by atoms with Crippen molar-refractivity contribution in [3.05, 3.63) is 70.0 Å². The number of carbonyl (C=O) groups is 1. The van der Waals surface area contributed by atoms with Crippen molar-refractivity contribution in [3.63, 3.8) is 0 Å². The van der Waals surface area contributed by atoms with Crippen molar-refractivity contribution in [2.75, 3.05) is 5.32 Å². The molecule has 2 aromatic carbocycles. The van der Waals surface area contributed by atoms with E-state index >= 15 is 0 Å². The number of carbonyl (C=O) groups excluding carboxylic acids is 1. The Bertz CT molecular complexity index is 1060. The van der Waals surface area contributed by atoms with Crippen LogP contribution in [0, 0.1) is 5.82 Å². The third-order valence-electron chi connectivity index (χ3n) is 4.69. The van der Waals surface area contributed by atoms with Crippen LogP contribution in [0.4, 0.5) is 10.1 Å². The molecule has 1 N–H and O–H groups in total. The minimum Gasteiger partial charge on any atom is -0.322 e. The molecular weight excluding hydrogens is 333 g/mol. The summed E-state index contributed by atoms with van der Waals surface area (Å²) in [6.07, 6.45) is 3.89. The van der Waals surface area contributed by atoms with E-state index in [4.69, 9.17) is 0 Å². The van der Waals surface area contributed by atoms with Crippen LogP contribution >= 0.6 is 0 Å². The highest BCUT2D eigenvalue weighted by atomic mass is 19.1. The quantitative estimate of drug-likeness (QED) is 0.768. The number of anilines is 1. The summed E-state index contributed by atoms with van der Waals surface area (Å²) in [7, 11) is 0. The van der Waals surface area contributed by atoms with Gasteiger partial charge in [0.1, 0.15) is 11.6 Å². The van der Waals surface area contributed by atoms with Gasteiger partial charge in [0.25, 0.3) is 11.5 Å². The Kier molecular flexibility index (Phi) is 4.24. The minimum atomic E-state index is -0.585. The number of halogens is 1. The molecule has 0 aliphatic carbocycles. The third-order valence-corrected chi connectivity index (χ3v) is 4.69. The molecule has 0 atom stereocenters. The van der Waals surface area contributed by atoms with Crippen molar-refractivity contribution in [1.29, 1.82) is 0 Å². The highest BCUT2D eigenvalue weighted by Gasteiger charge is 2.15. The number of fused-ring (bicyclic) bond motifs is 2. The lowest BCUT2D eigenvalue weighted by Crippen LogP contribution is -2.24. The summed E-state index contributed by atoms with van der Waals surface area (Å²) in [5.41, 5.74) is 0.934. The van der Waals surface area contributed by atoms with Gasteiger partial charge in [-0.05, 0) is 43.2 Å². The molecule has 2 heterocycles. The van der Waals surface area contributed by atoms with Gasteiger partial charge < -0.3 is 5.32 Å². The molecule has 0 unspecified atom stereocenters. The highest BCUT2D eigenvalue weighted by Crippen LogP contribution is 2.19. The topological polar surface area (TPSA) is 64.0 Å². The molecule has 26 heavy (non-hydrogen) atoms. The maximum absolute atomic E-state index is 13.8. The summed E-state index contributed by atoms with van der Waals surface area (Å²) in [4.78, 5) is 29.7. The van der Waals surface area contributed by atoms with Gasteiger partial charge in [-0.2, -0.15) is 0 Å². The van der Waals surface area contributed by atoms with E-state index in [1.165, 1.54) is 18.2 Å². The number of benzene rings is 2. The predicted molar refractivity (Wildman–Crippen MR) is 97.9 cm³/mol. The highest BCUT2D eigenvalue weighted by molar-refractivity contribution is 6.05. The summed E-state index contributed by atoms with van der Waals surface area (Å²) in [5.74, 6) is -0.314. The van der Waals surface area contributed by atoms with Crippen LogP contribution in [-0.2, 0) is 13.0 Å². The van der Waals surface area contributed by atoms with Gasteiger partial charge in [-0.1, -0.05) is 18.6 Å². The Morgan fingerprint density at radius 1 is 1.12 bits per heavy atom. The predicted octanol–water partition coefficient (Wildman–Crippen LogP) is 3.51. The molecule has 0 saturated carbocycles. The molecule has 1 aromatic heterocycles. The molecule has 0 bridgehead atoms. The lowest BCUT2D eigenvalue weighted by molar-refractivity contribution is 0.102. The van der Waals surface area contributed by atoms with E-state index in [1.54, 1.807) is 28.8 Å². The second-order valence-electron chi connectivity index (χ2n) is 6.46. The zero-order chi connectivity index (χ0) is 18.1. The van der Waals surface area contributed by atoms with E-state index in [9.17, 15) is 14.0 Å². The van der Waals surface area contributed by atoms with E-state index in [-0.39, 0.29) is 11.1 Å². The Balaban J connectivity index is 1.72. The molecule has 1 amide bonds. The number of rotatable bonds is 2. The first kappa shape index (κ1) is 16.4. The Morgan fingerprint density at radius 2 is 1.96 bits per heavy atom. The number of aromatic nitrogens is 2. The zero-order valence-corrected chi connectivity index (χ0v) is 14.2. The zero-order valence-electron chi connectivity index (χ0n) is 14.2. The fourth-order valence-corrected chi connectivity index (χ4v) is 3.34. The largest absolute Gasteiger partial charge is 0.322 e. The number of nitrogens with one attached hydrogen (secondary N) is 1. The number of hydrogen-bond donors (Lipinski definition) is 1. The van der Waals surface area contributed by atoms with Crippen molar-refractivity contribution in [2.24, 2.45) is 0 Å². The molecule has 0 saturated heterocycles. The van der Waals surface area contributed by atoms with E-state index in [0.29, 0.717) is 23.1 Å². The monoisotopic (exact) mass is 351 g/mol. The average molecular weight is 351 g/mol. The smallest absolute Gasteiger partial charge is 0.261 e. The van der Waals surface area contributed by atoms with Gasteiger partial charge >= 0.3 is 0 Å². The summed E-state index contributed by atoms with van der Waals surface area (Å²) >= 11 is 0. The van der Waals surface area contributed by atoms with E-state index in [0.717, 1.165) is 31.5 Å². The summed E-state index contributed by atoms with van der Waals surface area (Å²) in [6, 6.07) is 10.8. The maximum atomic E-state index is 13.8. The molecule has 6 heteroatoms. The summed E-state index contributed by atoms with van der Waals surface area (Å²) < 4.78 is 15.5. The fraction of sp³-hybridized carbons (Fsp3) is 0.250. The van der Waals surface area contributed by atoms with Crippen molar-refractivity contribution >= 4 is 22.5 Å². The number of amides is 1. The van der Waals surface area contributed by atoms with E-state index in [2.05, 4.69) is 10.3 Å². The molecule has 0 fully saturated rings. The van der Waals surface area contributed by atoms with Crippen LogP contribution in [0.3, 0.4) is 0 Å². The third kappa shape index (κ3) is 2.98. The first-order valence-corrected chi connectivity index (χ1v) is 8.73. The minimum absolute atomic E-state index is 0.0376. The first-order chi connectivity index (χ1) is 12.6. The molecular formula is C20H18FN3O2. The maximum Gasteiger partial charge on any atom is 0.261 e. The Morgan fingerprint density at radius 3 is 2.81 bits per heavy atom. The van der Waals surface area contributed by atoms with Crippen LogP contribution in [-0.4, -0.2) is 15.5 Å². The second-order valence-corrected chi connectivity index (χ2v) is 6.46. The Hall–Kier alpha value is -3.02. The van der Waals surface area contributed by atoms with Crippen LogP contribution in [0.2, 0.25) is 0 Å². The van der Waals surface area contributed by atoms with Gasteiger partial charge in [0.05, 0.1) is 16.5 Å². The van der Waals surface area contributed by atoms with Crippen LogP contribution in [0.1, 0.15) is 35.4 Å². The molecule has 4 rings (SSSR count). The van der Waals surface area contributed by atoms with Gasteiger partial charge in [0.2, 0.25) is 0 Å². The SMILES string of the molecule is O=C(Nc1ccc2nc3n(c(=O)c2c1)CCCCC3)c1ccccc1F. The Labute approximate surface area is 149 Å². The van der Waals surface area contributed by atoms with Crippen LogP contribution in [0.5, 0.6) is 0 Å². The van der Waals surface area contributed by atoms with Crippen molar-refractivity contribution in [2.45, 2.75) is 32.2 Å². The van der Waals surface area contributed by atoms with E-state index in [1.807, 2.05) is 0 Å². The molecule has 132 valence electrons. The molecule has 0 spiro atoms. The average Bonchev–Trinajstić information content (AvgIpc) is 2.88. The second kappa shape index (κ2) is 6.71. The molecule has 1 aliphatic rings. The first-order valence-electron chi connectivity index (χ1n) is 8.73. The van der Waals surface area contributed by atoms with Crippen LogP contribution in [0.25, 0.3) is 10.9 Å². The molecule has 5 nitrogen and oxygen atoms in total. The van der Waals surface area contributed by atoms with Crippen molar-refractivity contribution in [3.8, 4) is 0 Å². The van der Waals surface area contributed by atoms with E-state index < -0.39 is 11.7 Å². The van der Waals surface area contributed by atoms with Gasteiger partial charge in [-0.15, -0.1) is 0 Å². The van der Waals surface area contributed by atoms with Gasteiger partial charge in [-0.3, -0.25) is 14.2 Å². The number of nitrogens with zero attached hydrogens (tertiary/aromatic N) is 2. The summed E-state index contributed by atoms with van der Waals surface area (Å²) in [5, 5.41) is 3.12.